The minimum Gasteiger partial charge on any atom is -0.368 e. The first kappa shape index (κ1) is 20.5. The first-order valence-electron chi connectivity index (χ1n) is 10.8. The molecule has 8 heteroatoms. The molecule has 1 saturated carbocycles. The molecule has 0 radical (unpaired) electrons. The lowest BCUT2D eigenvalue weighted by Crippen LogP contribution is -2.50. The molecular weight excluding hydrogens is 382 g/mol. The molecule has 0 atom stereocenters. The van der Waals surface area contributed by atoms with Crippen LogP contribution in [0.4, 0.5) is 11.4 Å². The third kappa shape index (κ3) is 4.53. The fourth-order valence-electron chi connectivity index (χ4n) is 4.62. The number of fused-ring (bicyclic) bond motifs is 1. The smallest absolute Gasteiger partial charge is 0.295 e. The number of carbonyl (C=O) groups is 1. The Balaban J connectivity index is 1.41. The van der Waals surface area contributed by atoms with E-state index in [2.05, 4.69) is 20.1 Å². The van der Waals surface area contributed by atoms with Crippen molar-refractivity contribution in [2.24, 2.45) is 0 Å². The molecule has 1 aliphatic carbocycles. The van der Waals surface area contributed by atoms with Gasteiger partial charge in [0.1, 0.15) is 0 Å². The van der Waals surface area contributed by atoms with Crippen molar-refractivity contribution in [1.82, 2.24) is 15.2 Å². The molecule has 2 aromatic rings. The van der Waals surface area contributed by atoms with Crippen molar-refractivity contribution >= 4 is 28.2 Å². The van der Waals surface area contributed by atoms with Crippen LogP contribution >= 0.6 is 0 Å². The first-order chi connectivity index (χ1) is 14.5. The summed E-state index contributed by atoms with van der Waals surface area (Å²) in [6.07, 6.45) is 5.89. The number of anilines is 1. The Hall–Kier alpha value is -2.74. The number of nitrogens with one attached hydrogen (secondary N) is 1. The number of hydrogen-bond acceptors (Lipinski definition) is 6. The van der Waals surface area contributed by atoms with E-state index in [-0.39, 0.29) is 16.5 Å². The summed E-state index contributed by atoms with van der Waals surface area (Å²) in [6, 6.07) is 7.45. The molecule has 1 aliphatic heterocycles. The molecule has 160 valence electrons. The summed E-state index contributed by atoms with van der Waals surface area (Å²) in [5.41, 5.74) is 2.22. The zero-order valence-electron chi connectivity index (χ0n) is 17.5. The van der Waals surface area contributed by atoms with Gasteiger partial charge in [0.2, 0.25) is 5.91 Å². The van der Waals surface area contributed by atoms with Crippen LogP contribution in [0.25, 0.3) is 10.9 Å². The van der Waals surface area contributed by atoms with E-state index in [0.29, 0.717) is 18.1 Å². The van der Waals surface area contributed by atoms with E-state index in [1.54, 1.807) is 6.07 Å². The Labute approximate surface area is 176 Å². The molecule has 1 N–H and O–H groups in total. The second-order valence-electron chi connectivity index (χ2n) is 8.38. The molecule has 2 aliphatic rings. The van der Waals surface area contributed by atoms with Gasteiger partial charge in [-0.3, -0.25) is 19.8 Å². The summed E-state index contributed by atoms with van der Waals surface area (Å²) < 4.78 is 0. The number of amides is 1. The van der Waals surface area contributed by atoms with Crippen molar-refractivity contribution in [3.8, 4) is 0 Å². The van der Waals surface area contributed by atoms with E-state index >= 15 is 0 Å². The van der Waals surface area contributed by atoms with Crippen LogP contribution in [0.2, 0.25) is 0 Å². The maximum absolute atomic E-state index is 12.4. The molecule has 1 aromatic heterocycles. The third-order valence-corrected chi connectivity index (χ3v) is 6.17. The maximum Gasteiger partial charge on any atom is 0.295 e. The zero-order valence-corrected chi connectivity index (χ0v) is 17.5. The van der Waals surface area contributed by atoms with Crippen molar-refractivity contribution in [1.29, 1.82) is 0 Å². The van der Waals surface area contributed by atoms with Crippen molar-refractivity contribution in [3.63, 3.8) is 0 Å². The van der Waals surface area contributed by atoms with Gasteiger partial charge in [-0.2, -0.15) is 0 Å². The van der Waals surface area contributed by atoms with Gasteiger partial charge in [0.05, 0.1) is 11.5 Å². The normalized spacial score (nSPS) is 18.5. The summed E-state index contributed by atoms with van der Waals surface area (Å²) in [6.45, 7) is 5.43. The van der Waals surface area contributed by atoms with Gasteiger partial charge in [-0.15, -0.1) is 0 Å². The van der Waals surface area contributed by atoms with E-state index in [1.807, 2.05) is 19.1 Å². The number of aryl methyl sites for hydroxylation is 1. The second-order valence-corrected chi connectivity index (χ2v) is 8.38. The lowest BCUT2D eigenvalue weighted by Gasteiger charge is -2.36. The highest BCUT2D eigenvalue weighted by Crippen LogP contribution is 2.32. The number of para-hydroxylation sites is 1. The van der Waals surface area contributed by atoms with Gasteiger partial charge in [-0.05, 0) is 25.8 Å². The molecule has 8 nitrogen and oxygen atoms in total. The Kier molecular flexibility index (Phi) is 6.13. The van der Waals surface area contributed by atoms with Gasteiger partial charge < -0.3 is 10.2 Å². The molecule has 2 fully saturated rings. The van der Waals surface area contributed by atoms with Gasteiger partial charge >= 0.3 is 0 Å². The minimum atomic E-state index is -0.374. The molecule has 1 aromatic carbocycles. The number of aromatic nitrogens is 1. The van der Waals surface area contributed by atoms with Crippen molar-refractivity contribution in [2.45, 2.75) is 45.1 Å². The average molecular weight is 412 g/mol. The molecular formula is C22H29N5O3. The molecule has 2 heterocycles. The average Bonchev–Trinajstić information content (AvgIpc) is 2.74. The molecule has 4 rings (SSSR count). The second kappa shape index (κ2) is 8.95. The van der Waals surface area contributed by atoms with Crippen molar-refractivity contribution < 1.29 is 9.72 Å². The molecule has 0 bridgehead atoms. The molecule has 1 amide bonds. The fraction of sp³-hybridized carbons (Fsp3) is 0.545. The monoisotopic (exact) mass is 411 g/mol. The van der Waals surface area contributed by atoms with E-state index in [0.717, 1.165) is 55.8 Å². The highest BCUT2D eigenvalue weighted by atomic mass is 16.6. The van der Waals surface area contributed by atoms with Crippen LogP contribution in [-0.2, 0) is 4.79 Å². The number of carbonyl (C=O) groups excluding carboxylic acids is 1. The van der Waals surface area contributed by atoms with Gasteiger partial charge in [0.15, 0.2) is 5.52 Å². The number of nitro groups is 1. The van der Waals surface area contributed by atoms with Gasteiger partial charge in [0.25, 0.3) is 5.69 Å². The Morgan fingerprint density at radius 3 is 2.63 bits per heavy atom. The molecule has 30 heavy (non-hydrogen) atoms. The van der Waals surface area contributed by atoms with Crippen LogP contribution in [0.1, 0.15) is 37.8 Å². The Morgan fingerprint density at radius 2 is 1.93 bits per heavy atom. The quantitative estimate of drug-likeness (QED) is 0.601. The van der Waals surface area contributed by atoms with Crippen LogP contribution < -0.4 is 10.2 Å². The fourth-order valence-corrected chi connectivity index (χ4v) is 4.62. The molecule has 0 unspecified atom stereocenters. The lowest BCUT2D eigenvalue weighted by molar-refractivity contribution is -0.383. The number of nitrogens with zero attached hydrogens (tertiary/aromatic N) is 4. The number of rotatable bonds is 5. The van der Waals surface area contributed by atoms with Crippen LogP contribution in [0, 0.1) is 17.0 Å². The van der Waals surface area contributed by atoms with Crippen molar-refractivity contribution in [3.05, 3.63) is 40.1 Å². The lowest BCUT2D eigenvalue weighted by atomic mass is 9.95. The topological polar surface area (TPSA) is 91.6 Å². The minimum absolute atomic E-state index is 0.0375. The van der Waals surface area contributed by atoms with Crippen molar-refractivity contribution in [2.75, 3.05) is 37.6 Å². The van der Waals surface area contributed by atoms with E-state index in [1.165, 1.54) is 25.3 Å². The van der Waals surface area contributed by atoms with Crippen LogP contribution in [0.5, 0.6) is 0 Å². The standard InChI is InChI=1S/C22H29N5O3/c1-16-14-20(18-8-5-9-19(27(29)30)22(18)23-16)26-12-10-25(11-13-26)15-21(28)24-17-6-3-2-4-7-17/h5,8-9,14,17H,2-4,6-7,10-13,15H2,1H3,(H,24,28). The third-order valence-electron chi connectivity index (χ3n) is 6.17. The number of piperazine rings is 1. The summed E-state index contributed by atoms with van der Waals surface area (Å²) >= 11 is 0. The highest BCUT2D eigenvalue weighted by Gasteiger charge is 2.24. The van der Waals surface area contributed by atoms with E-state index in [4.69, 9.17) is 0 Å². The summed E-state index contributed by atoms with van der Waals surface area (Å²) in [4.78, 5) is 32.3. The Bertz CT molecular complexity index is 934. The number of non-ortho nitro benzene ring substituents is 1. The SMILES string of the molecule is Cc1cc(N2CCN(CC(=O)NC3CCCCC3)CC2)c2cccc([N+](=O)[O-])c2n1. The molecule has 1 saturated heterocycles. The summed E-state index contributed by atoms with van der Waals surface area (Å²) in [5.74, 6) is 0.121. The number of pyridine rings is 1. The van der Waals surface area contributed by atoms with Gasteiger partial charge in [-0.1, -0.05) is 31.4 Å². The first-order valence-corrected chi connectivity index (χ1v) is 10.8. The van der Waals surface area contributed by atoms with Crippen LogP contribution in [0.15, 0.2) is 24.3 Å². The zero-order chi connectivity index (χ0) is 21.1. The number of benzene rings is 1. The number of hydrogen-bond donors (Lipinski definition) is 1. The predicted molar refractivity (Wildman–Crippen MR) is 117 cm³/mol. The van der Waals surface area contributed by atoms with Gasteiger partial charge in [0, 0.05) is 55.1 Å². The Morgan fingerprint density at radius 1 is 1.20 bits per heavy atom. The number of nitro benzene ring substituents is 1. The largest absolute Gasteiger partial charge is 0.368 e. The van der Waals surface area contributed by atoms with E-state index < -0.39 is 0 Å². The summed E-state index contributed by atoms with van der Waals surface area (Å²) in [5, 5.41) is 15.4. The highest BCUT2D eigenvalue weighted by molar-refractivity contribution is 5.97. The van der Waals surface area contributed by atoms with Crippen LogP contribution in [0.3, 0.4) is 0 Å². The summed E-state index contributed by atoms with van der Waals surface area (Å²) in [7, 11) is 0. The van der Waals surface area contributed by atoms with E-state index in [9.17, 15) is 14.9 Å². The van der Waals surface area contributed by atoms with Crippen LogP contribution in [-0.4, -0.2) is 59.5 Å². The molecule has 0 spiro atoms. The van der Waals surface area contributed by atoms with Gasteiger partial charge in [-0.25, -0.2) is 4.98 Å². The maximum atomic E-state index is 12.4. The predicted octanol–water partition coefficient (Wildman–Crippen LogP) is 3.02.